The minimum atomic E-state index is -0.574. The van der Waals surface area contributed by atoms with Crippen molar-refractivity contribution in [3.63, 3.8) is 0 Å². The van der Waals surface area contributed by atoms with Gasteiger partial charge in [-0.15, -0.1) is 0 Å². The average molecular weight is 387 g/mol. The lowest BCUT2D eigenvalue weighted by Gasteiger charge is -2.27. The molecule has 3 aliphatic heterocycles. The van der Waals surface area contributed by atoms with E-state index < -0.39 is 12.1 Å². The van der Waals surface area contributed by atoms with Crippen molar-refractivity contribution >= 4 is 17.7 Å². The van der Waals surface area contributed by atoms with E-state index in [9.17, 15) is 9.18 Å². The molecule has 28 heavy (non-hydrogen) atoms. The summed E-state index contributed by atoms with van der Waals surface area (Å²) in [4.78, 5) is 17.2. The molecule has 8 nitrogen and oxygen atoms in total. The molecule has 2 N–H and O–H groups in total. The molecular formula is C19H22FN5O3. The molecule has 148 valence electrons. The van der Waals surface area contributed by atoms with E-state index in [1.807, 2.05) is 0 Å². The van der Waals surface area contributed by atoms with Crippen LogP contribution in [0.15, 0.2) is 21.9 Å². The van der Waals surface area contributed by atoms with Gasteiger partial charge in [0.05, 0.1) is 18.5 Å². The normalized spacial score (nSPS) is 21.0. The molecular weight excluding hydrogens is 365 g/mol. The van der Waals surface area contributed by atoms with Gasteiger partial charge in [0.2, 0.25) is 0 Å². The fourth-order valence-electron chi connectivity index (χ4n) is 4.06. The number of benzene rings is 1. The largest absolute Gasteiger partial charge is 0.493 e. The standard InChI is InChI=1S/C19H22FN5O3/c1-24-15-10-21-18(22-14-8-11-2-7-28-16(11)9-13(14)20)23-17(15)25(19(24)26)12-3-5-27-6-4-12/h8-10,12,18,22-23H,2-7H2,1H3. The number of halogens is 1. The fraction of sp³-hybridized carbons (Fsp3) is 0.474. The first kappa shape index (κ1) is 17.3. The van der Waals surface area contributed by atoms with Gasteiger partial charge < -0.3 is 20.1 Å². The van der Waals surface area contributed by atoms with E-state index in [1.54, 1.807) is 28.5 Å². The summed E-state index contributed by atoms with van der Waals surface area (Å²) in [6.07, 6.45) is 3.42. The number of anilines is 2. The molecule has 4 heterocycles. The zero-order valence-corrected chi connectivity index (χ0v) is 15.6. The van der Waals surface area contributed by atoms with E-state index in [0.29, 0.717) is 37.1 Å². The number of hydrogen-bond donors (Lipinski definition) is 2. The number of nitrogens with one attached hydrogen (secondary N) is 2. The van der Waals surface area contributed by atoms with Gasteiger partial charge in [-0.1, -0.05) is 0 Å². The predicted molar refractivity (Wildman–Crippen MR) is 103 cm³/mol. The van der Waals surface area contributed by atoms with Crippen LogP contribution < -0.4 is 21.1 Å². The second-order valence-corrected chi connectivity index (χ2v) is 7.30. The summed E-state index contributed by atoms with van der Waals surface area (Å²) in [5, 5.41) is 6.35. The maximum absolute atomic E-state index is 14.4. The molecule has 0 radical (unpaired) electrons. The van der Waals surface area contributed by atoms with Crippen molar-refractivity contribution in [1.82, 2.24) is 9.13 Å². The number of aliphatic imine (C=N–C) groups is 1. The van der Waals surface area contributed by atoms with E-state index in [2.05, 4.69) is 15.6 Å². The maximum atomic E-state index is 14.4. The van der Waals surface area contributed by atoms with Crippen LogP contribution in [0.1, 0.15) is 30.1 Å². The number of aromatic nitrogens is 2. The van der Waals surface area contributed by atoms with Crippen LogP contribution in [-0.2, 0) is 18.2 Å². The number of fused-ring (bicyclic) bond motifs is 2. The average Bonchev–Trinajstić information content (AvgIpc) is 3.25. The van der Waals surface area contributed by atoms with Crippen molar-refractivity contribution in [3.8, 4) is 5.75 Å². The fourth-order valence-corrected chi connectivity index (χ4v) is 4.06. The van der Waals surface area contributed by atoms with Crippen LogP contribution in [0.25, 0.3) is 0 Å². The van der Waals surface area contributed by atoms with E-state index in [4.69, 9.17) is 9.47 Å². The Morgan fingerprint density at radius 3 is 2.93 bits per heavy atom. The molecule has 0 aliphatic carbocycles. The summed E-state index contributed by atoms with van der Waals surface area (Å²) in [5.41, 5.74) is 1.97. The first-order valence-electron chi connectivity index (χ1n) is 9.52. The van der Waals surface area contributed by atoms with Gasteiger partial charge in [0.15, 0.2) is 6.29 Å². The lowest BCUT2D eigenvalue weighted by atomic mass is 10.1. The molecule has 9 heteroatoms. The van der Waals surface area contributed by atoms with Crippen molar-refractivity contribution < 1.29 is 13.9 Å². The summed E-state index contributed by atoms with van der Waals surface area (Å²) >= 11 is 0. The number of ether oxygens (including phenoxy) is 2. The van der Waals surface area contributed by atoms with Crippen LogP contribution in [0.2, 0.25) is 0 Å². The Morgan fingerprint density at radius 1 is 1.29 bits per heavy atom. The minimum Gasteiger partial charge on any atom is -0.493 e. The topological polar surface area (TPSA) is 81.8 Å². The van der Waals surface area contributed by atoms with Crippen LogP contribution in [0.5, 0.6) is 5.75 Å². The lowest BCUT2D eigenvalue weighted by Crippen LogP contribution is -2.34. The van der Waals surface area contributed by atoms with E-state index in [1.165, 1.54) is 6.07 Å². The zero-order valence-electron chi connectivity index (χ0n) is 15.6. The molecule has 1 saturated heterocycles. The molecule has 1 aromatic heterocycles. The van der Waals surface area contributed by atoms with Crippen LogP contribution >= 0.6 is 0 Å². The van der Waals surface area contributed by atoms with Crippen molar-refractivity contribution in [2.24, 2.45) is 12.0 Å². The Balaban J connectivity index is 1.44. The van der Waals surface area contributed by atoms with Gasteiger partial charge in [-0.25, -0.2) is 14.2 Å². The highest BCUT2D eigenvalue weighted by molar-refractivity contribution is 5.87. The third kappa shape index (κ3) is 2.77. The second-order valence-electron chi connectivity index (χ2n) is 7.30. The van der Waals surface area contributed by atoms with Gasteiger partial charge in [0, 0.05) is 38.8 Å². The summed E-state index contributed by atoms with van der Waals surface area (Å²) < 4.78 is 28.6. The molecule has 0 bridgehead atoms. The van der Waals surface area contributed by atoms with Crippen LogP contribution in [0.3, 0.4) is 0 Å². The molecule has 1 atom stereocenters. The van der Waals surface area contributed by atoms with E-state index in [-0.39, 0.29) is 11.7 Å². The van der Waals surface area contributed by atoms with Crippen molar-refractivity contribution in [2.45, 2.75) is 31.6 Å². The Bertz CT molecular complexity index is 1010. The quantitative estimate of drug-likeness (QED) is 0.840. The first-order chi connectivity index (χ1) is 13.6. The lowest BCUT2D eigenvalue weighted by molar-refractivity contribution is 0.0690. The molecule has 3 aliphatic rings. The Labute approximate surface area is 161 Å². The van der Waals surface area contributed by atoms with Crippen molar-refractivity contribution in [2.75, 3.05) is 30.5 Å². The third-order valence-corrected chi connectivity index (χ3v) is 5.58. The van der Waals surface area contributed by atoms with Gasteiger partial charge in [0.25, 0.3) is 0 Å². The van der Waals surface area contributed by atoms with Gasteiger partial charge in [-0.05, 0) is 24.5 Å². The monoisotopic (exact) mass is 387 g/mol. The molecule has 0 spiro atoms. The molecule has 1 aromatic carbocycles. The maximum Gasteiger partial charge on any atom is 0.330 e. The molecule has 1 unspecified atom stereocenters. The van der Waals surface area contributed by atoms with Crippen molar-refractivity contribution in [1.29, 1.82) is 0 Å². The molecule has 2 aromatic rings. The Morgan fingerprint density at radius 2 is 2.11 bits per heavy atom. The van der Waals surface area contributed by atoms with Gasteiger partial charge in [-0.2, -0.15) is 0 Å². The summed E-state index contributed by atoms with van der Waals surface area (Å²) in [7, 11) is 1.73. The van der Waals surface area contributed by atoms with Gasteiger partial charge in [0.1, 0.15) is 23.1 Å². The van der Waals surface area contributed by atoms with Crippen molar-refractivity contribution in [3.05, 3.63) is 39.7 Å². The van der Waals surface area contributed by atoms with E-state index in [0.717, 1.165) is 30.5 Å². The minimum absolute atomic E-state index is 0.0738. The van der Waals surface area contributed by atoms with Crippen LogP contribution in [0, 0.1) is 5.82 Å². The number of imidazole rings is 1. The zero-order chi connectivity index (χ0) is 19.3. The molecule has 0 amide bonds. The summed E-state index contributed by atoms with van der Waals surface area (Å²) in [5.74, 6) is 0.914. The molecule has 5 rings (SSSR count). The molecule has 1 fully saturated rings. The predicted octanol–water partition coefficient (Wildman–Crippen LogP) is 1.85. The highest BCUT2D eigenvalue weighted by Gasteiger charge is 2.28. The highest BCUT2D eigenvalue weighted by Crippen LogP contribution is 2.32. The number of rotatable bonds is 3. The first-order valence-corrected chi connectivity index (χ1v) is 9.52. The molecule has 0 saturated carbocycles. The second kappa shape index (κ2) is 6.66. The summed E-state index contributed by atoms with van der Waals surface area (Å²) in [6.45, 7) is 1.85. The Hall–Kier alpha value is -2.81. The number of hydrogen-bond acceptors (Lipinski definition) is 6. The van der Waals surface area contributed by atoms with Gasteiger partial charge >= 0.3 is 5.69 Å². The smallest absolute Gasteiger partial charge is 0.330 e. The highest BCUT2D eigenvalue weighted by atomic mass is 19.1. The summed E-state index contributed by atoms with van der Waals surface area (Å²) in [6, 6.07) is 3.24. The van der Waals surface area contributed by atoms with Crippen LogP contribution in [0.4, 0.5) is 15.9 Å². The number of nitrogens with zero attached hydrogens (tertiary/aromatic N) is 3. The van der Waals surface area contributed by atoms with Gasteiger partial charge in [-0.3, -0.25) is 9.13 Å². The third-order valence-electron chi connectivity index (χ3n) is 5.58. The van der Waals surface area contributed by atoms with Crippen LogP contribution in [-0.4, -0.2) is 41.5 Å². The van der Waals surface area contributed by atoms with E-state index >= 15 is 0 Å². The SMILES string of the molecule is Cn1c2c(n(C3CCOCC3)c1=O)NC(Nc1cc3c(cc1F)OCC3)N=C2. The Kier molecular flexibility index (Phi) is 4.12.